The summed E-state index contributed by atoms with van der Waals surface area (Å²) in [5.74, 6) is 0. The lowest BCUT2D eigenvalue weighted by Crippen LogP contribution is -2.61. The summed E-state index contributed by atoms with van der Waals surface area (Å²) < 4.78 is 137. The third-order valence-corrected chi connectivity index (χ3v) is 26.4. The van der Waals surface area contributed by atoms with Crippen molar-refractivity contribution in [1.29, 1.82) is 0 Å². The van der Waals surface area contributed by atoms with Crippen LogP contribution in [0, 0.1) is 0 Å². The molecule has 0 N–H and O–H groups in total. The normalized spacial score (nSPS) is 14.9. The molecule has 125 heavy (non-hydrogen) atoms. The molecule has 0 spiro atoms. The van der Waals surface area contributed by atoms with Crippen LogP contribution in [0.4, 0.5) is 34.1 Å². The number of hydrogen-bond acceptors (Lipinski definition) is 2. The number of benzene rings is 15. The quantitative estimate of drug-likeness (QED) is 0.142. The molecule has 2 aliphatic heterocycles. The van der Waals surface area contributed by atoms with Crippen LogP contribution in [0.2, 0.25) is 0 Å². The number of hydrogen-bond donors (Lipinski definition) is 0. The zero-order chi connectivity index (χ0) is 97.4. The van der Waals surface area contributed by atoms with E-state index in [0.717, 1.165) is 93.7 Å². The van der Waals surface area contributed by atoms with Crippen molar-refractivity contribution in [3.05, 3.63) is 342 Å². The largest absolute Gasteiger partial charge is 0.309 e. The predicted octanol–water partition coefficient (Wildman–Crippen LogP) is 30.6. The summed E-state index contributed by atoms with van der Waals surface area (Å²) in [4.78, 5) is 4.24. The van der Waals surface area contributed by atoms with Crippen molar-refractivity contribution >= 4 is 144 Å². The first-order chi connectivity index (χ1) is 64.4. The molecule has 19 aromatic rings. The third-order valence-electron chi connectivity index (χ3n) is 26.4. The zero-order valence-corrected chi connectivity index (χ0v) is 75.7. The second-order valence-electron chi connectivity index (χ2n) is 42.2. The predicted molar refractivity (Wildman–Crippen MR) is 540 cm³/mol. The van der Waals surface area contributed by atoms with Crippen LogP contribution in [-0.4, -0.2) is 25.0 Å². The molecule has 0 aliphatic carbocycles. The van der Waals surface area contributed by atoms with Crippen molar-refractivity contribution < 1.29 is 16.4 Å². The zero-order valence-electron chi connectivity index (χ0n) is 87.7. The molecule has 0 amide bonds. The summed E-state index contributed by atoms with van der Waals surface area (Å²) in [6.45, 7) is 44.3. The minimum Gasteiger partial charge on any atom is -0.309 e. The summed E-state index contributed by atoms with van der Waals surface area (Å²) in [5.41, 5.74) is 18.5. The van der Waals surface area contributed by atoms with E-state index in [0.29, 0.717) is 50.7 Å². The van der Waals surface area contributed by atoms with E-state index in [1.54, 1.807) is 0 Å². The average Bonchev–Trinajstić information content (AvgIpc) is 1.64. The lowest BCUT2D eigenvalue weighted by molar-refractivity contribution is 0.590. The molecule has 21 rings (SSSR count). The van der Waals surface area contributed by atoms with Crippen LogP contribution >= 0.6 is 0 Å². The minimum atomic E-state index is -0.864. The van der Waals surface area contributed by atoms with E-state index in [2.05, 4.69) is 244 Å². The molecule has 4 aromatic heterocycles. The highest BCUT2D eigenvalue weighted by atomic mass is 15.2. The van der Waals surface area contributed by atoms with Gasteiger partial charge in [0.15, 0.2) is 0 Å². The Morgan fingerprint density at radius 1 is 0.224 bits per heavy atom. The van der Waals surface area contributed by atoms with Gasteiger partial charge in [0.25, 0.3) is 6.71 Å². The van der Waals surface area contributed by atoms with Crippen molar-refractivity contribution in [1.82, 2.24) is 18.3 Å². The SMILES string of the molecule is [2H]c1c(C(C)(C)C)c([2H])c2c(c1[2H])c1c([2H])c([2H])c([2H])c(N3c4cc(-n5c6ccc(C(C)(C)C)cc6c6cc(C(C)(C)C)ccc65)ccc4B4c5ccc(-n6c7ccc(C(C)(C)C)cc7c7cc(C(C)(C)C)ccc76)cc5N(c5c([2H])c([2H])c([2H])c6c7c([2H])c([2H])c(C(C)(C)C)c([2H])c7n(-c7cccc(-c8ccccc8)c7)c56)c5cc(C(C)(C)C)cc3c54)c1n2-c1cccc(-c2ccccc2)c1. The Morgan fingerprint density at radius 2 is 0.552 bits per heavy atom. The van der Waals surface area contributed by atoms with Crippen molar-refractivity contribution in [2.24, 2.45) is 0 Å². The van der Waals surface area contributed by atoms with E-state index >= 15 is 0 Å². The number of rotatable bonds is 8. The second-order valence-corrected chi connectivity index (χ2v) is 42.2. The van der Waals surface area contributed by atoms with Crippen molar-refractivity contribution in [3.8, 4) is 45.0 Å². The molecule has 0 fully saturated rings. The van der Waals surface area contributed by atoms with Crippen LogP contribution in [0.1, 0.15) is 201 Å². The molecule has 6 heterocycles. The van der Waals surface area contributed by atoms with Crippen LogP contribution in [0.25, 0.3) is 132 Å². The fourth-order valence-electron chi connectivity index (χ4n) is 19.4. The van der Waals surface area contributed by atoms with Crippen LogP contribution < -0.4 is 26.2 Å². The van der Waals surface area contributed by atoms with Gasteiger partial charge in [-0.2, -0.15) is 0 Å². The van der Waals surface area contributed by atoms with E-state index in [1.165, 1.54) is 22.3 Å². The maximum atomic E-state index is 11.4. The first-order valence-corrected chi connectivity index (χ1v) is 44.2. The lowest BCUT2D eigenvalue weighted by atomic mass is 9.33. The second kappa shape index (κ2) is 27.8. The van der Waals surface area contributed by atoms with Gasteiger partial charge >= 0.3 is 0 Å². The Bertz CT molecular complexity index is 7850. The van der Waals surface area contributed by atoms with Crippen LogP contribution in [-0.2, 0) is 37.9 Å². The molecule has 0 atom stereocenters. The highest BCUT2D eigenvalue weighted by Gasteiger charge is 2.46. The Labute approximate surface area is 755 Å². The molecule has 2 aliphatic rings. The number of nitrogens with zero attached hydrogens (tertiary/aromatic N) is 6. The van der Waals surface area contributed by atoms with E-state index in [9.17, 15) is 16.4 Å². The number of fused-ring (bicyclic) bond motifs is 16. The molecule has 6 nitrogen and oxygen atoms in total. The summed E-state index contributed by atoms with van der Waals surface area (Å²) in [6.07, 6.45) is 0. The standard InChI is InChI=1S/C118H113BN6/c1-112(2,3)76-46-56-97-91(62-76)92-63-77(113(4,5)6)47-57-98(92)120(97)85-50-54-95-105(70-85)124(101-42-30-40-89-87-52-44-80(116(13,14)15)66-103(87)122(110(89)101)83-38-28-36-74(60-83)72-32-24-22-25-33-72)107-68-82(118(19,20)21)69-108-109(107)119(95)96-55-51-86(121-99-58-48-78(114(7,8)9)64-93(99)94-65-79(115(10,11)12)49-59-100(94)121)71-106(96)125(108)102-43-31-41-90-88-53-45-81(117(16,17)18)67-104(88)123(111(90)102)84-39-29-37-75(61-84)73-34-26-23-27-35-73/h22-71H,1-21H3/i30D,31D,40D,41D,42D,43D,44D,45D,52D,53D,66D,67D. The van der Waals surface area contributed by atoms with Crippen LogP contribution in [0.5, 0.6) is 0 Å². The first-order valence-electron chi connectivity index (χ1n) is 50.2. The highest BCUT2D eigenvalue weighted by Crippen LogP contribution is 2.54. The van der Waals surface area contributed by atoms with Crippen LogP contribution in [0.15, 0.2) is 303 Å². The van der Waals surface area contributed by atoms with E-state index in [1.807, 2.05) is 160 Å². The van der Waals surface area contributed by atoms with Gasteiger partial charge in [-0.1, -0.05) is 315 Å². The lowest BCUT2D eigenvalue weighted by Gasteiger charge is -2.45. The highest BCUT2D eigenvalue weighted by molar-refractivity contribution is 7.00. The van der Waals surface area contributed by atoms with Crippen LogP contribution in [0.3, 0.4) is 0 Å². The minimum absolute atomic E-state index is 0.0306. The van der Waals surface area contributed by atoms with Gasteiger partial charge in [0.05, 0.1) is 72.0 Å². The molecule has 0 saturated carbocycles. The van der Waals surface area contributed by atoms with Crippen molar-refractivity contribution in [2.75, 3.05) is 9.80 Å². The molecule has 618 valence electrons. The fraction of sp³-hybridized carbons (Fsp3) is 0.237. The Kier molecular flexibility index (Phi) is 14.8. The first kappa shape index (κ1) is 66.7. The Morgan fingerprint density at radius 3 is 0.888 bits per heavy atom. The third kappa shape index (κ3) is 12.8. The van der Waals surface area contributed by atoms with E-state index in [4.69, 9.17) is 0 Å². The molecular weight excluding hydrogens is 1510 g/mol. The van der Waals surface area contributed by atoms with Gasteiger partial charge in [0, 0.05) is 88.6 Å². The maximum Gasteiger partial charge on any atom is 0.252 e. The number of aromatic nitrogens is 4. The van der Waals surface area contributed by atoms with E-state index < -0.39 is 35.0 Å². The van der Waals surface area contributed by atoms with Crippen molar-refractivity contribution in [3.63, 3.8) is 0 Å². The summed E-state index contributed by atoms with van der Waals surface area (Å²) in [6, 6.07) is 77.9. The molecule has 0 bridgehead atoms. The summed E-state index contributed by atoms with van der Waals surface area (Å²) >= 11 is 0. The Balaban J connectivity index is 0.987. The van der Waals surface area contributed by atoms with Gasteiger partial charge in [-0.25, -0.2) is 0 Å². The maximum absolute atomic E-state index is 11.4. The van der Waals surface area contributed by atoms with E-state index in [-0.39, 0.29) is 137 Å². The van der Waals surface area contributed by atoms with Gasteiger partial charge in [-0.3, -0.25) is 0 Å². The molecule has 0 saturated heterocycles. The molecule has 15 aromatic carbocycles. The molecular formula is C118H113BN6. The Hall–Kier alpha value is -12.8. The molecule has 7 heteroatoms. The average molecular weight is 1640 g/mol. The van der Waals surface area contributed by atoms with Gasteiger partial charge in [0.2, 0.25) is 0 Å². The van der Waals surface area contributed by atoms with Gasteiger partial charge in [-0.15, -0.1) is 0 Å². The topological polar surface area (TPSA) is 26.2 Å². The molecule has 0 unspecified atom stereocenters. The monoisotopic (exact) mass is 1640 g/mol. The number of anilines is 6. The summed E-state index contributed by atoms with van der Waals surface area (Å²) in [7, 11) is 0. The molecule has 0 radical (unpaired) electrons. The fourth-order valence-corrected chi connectivity index (χ4v) is 19.4. The van der Waals surface area contributed by atoms with Crippen molar-refractivity contribution in [2.45, 2.75) is 183 Å². The van der Waals surface area contributed by atoms with Gasteiger partial charge in [-0.05, 0) is 249 Å². The summed E-state index contributed by atoms with van der Waals surface area (Å²) in [5, 5.41) is 4.76. The number of para-hydroxylation sites is 2. The van der Waals surface area contributed by atoms with Gasteiger partial charge in [0.1, 0.15) is 0 Å². The van der Waals surface area contributed by atoms with Gasteiger partial charge < -0.3 is 28.1 Å². The smallest absolute Gasteiger partial charge is 0.252 e.